The highest BCUT2D eigenvalue weighted by atomic mass is 19.1. The van der Waals surface area contributed by atoms with Crippen LogP contribution in [-0.2, 0) is 22.7 Å². The van der Waals surface area contributed by atoms with E-state index in [1.165, 1.54) is 0 Å². The molecule has 1 saturated heterocycles. The molecule has 0 amide bonds. The van der Waals surface area contributed by atoms with E-state index >= 15 is 0 Å². The highest BCUT2D eigenvalue weighted by Gasteiger charge is 2.26. The third-order valence-corrected chi connectivity index (χ3v) is 4.34. The van der Waals surface area contributed by atoms with Crippen molar-refractivity contribution in [2.45, 2.75) is 46.0 Å². The molecule has 1 N–H and O–H groups in total. The van der Waals surface area contributed by atoms with Crippen LogP contribution in [0.4, 0.5) is 10.1 Å². The average Bonchev–Trinajstić information content (AvgIpc) is 3.05. The molecule has 2 aromatic rings. The Balaban J connectivity index is 2.14. The quantitative estimate of drug-likeness (QED) is 0.807. The first kappa shape index (κ1) is 17.6. The lowest BCUT2D eigenvalue weighted by Crippen LogP contribution is -2.29. The smallest absolute Gasteiger partial charge is 0.342 e. The minimum absolute atomic E-state index is 0.0794. The summed E-state index contributed by atoms with van der Waals surface area (Å²) in [5.74, 6) is -0.566. The van der Waals surface area contributed by atoms with Crippen molar-refractivity contribution in [3.63, 3.8) is 0 Å². The number of carbonyl (C=O) groups is 1. The number of nitrogens with one attached hydrogen (secondary N) is 1. The molecule has 25 heavy (non-hydrogen) atoms. The molecule has 0 atom stereocenters. The number of hydrogen-bond donors (Lipinski definition) is 1. The van der Waals surface area contributed by atoms with Gasteiger partial charge < -0.3 is 14.8 Å². The molecular formula is C17H23FN4O3. The molecule has 0 radical (unpaired) electrons. The number of rotatable bonds is 6. The van der Waals surface area contributed by atoms with Gasteiger partial charge in [-0.25, -0.2) is 18.9 Å². The zero-order valence-corrected chi connectivity index (χ0v) is 14.5. The average molecular weight is 350 g/mol. The van der Waals surface area contributed by atoms with E-state index in [0.717, 1.165) is 12.8 Å². The second-order valence-corrected chi connectivity index (χ2v) is 5.89. The molecule has 7 nitrogen and oxygen atoms in total. The first-order valence-corrected chi connectivity index (χ1v) is 8.65. The number of ether oxygens (including phenoxy) is 2. The molecule has 136 valence electrons. The summed E-state index contributed by atoms with van der Waals surface area (Å²) in [5.41, 5.74) is 1.37. The van der Waals surface area contributed by atoms with E-state index in [0.29, 0.717) is 36.5 Å². The minimum atomic E-state index is -0.846. The van der Waals surface area contributed by atoms with Crippen molar-refractivity contribution in [2.75, 3.05) is 25.1 Å². The first-order chi connectivity index (χ1) is 12.2. The fourth-order valence-electron chi connectivity index (χ4n) is 3.08. The summed E-state index contributed by atoms with van der Waals surface area (Å²) < 4.78 is 25.9. The van der Waals surface area contributed by atoms with Crippen molar-refractivity contribution in [3.05, 3.63) is 17.5 Å². The zero-order chi connectivity index (χ0) is 17.8. The molecule has 0 spiro atoms. The van der Waals surface area contributed by atoms with Crippen LogP contribution >= 0.6 is 0 Å². The van der Waals surface area contributed by atoms with Gasteiger partial charge in [-0.2, -0.15) is 5.10 Å². The number of anilines is 1. The standard InChI is InChI=1S/C17H23FN4O3/c1-3-22-16-12(10-19-22)15(20-11-5-7-24-8-6-11)14(13(9-18)21-16)17(23)25-4-2/h10-11H,3-9H2,1-2H3,(H,20,21). The fourth-order valence-corrected chi connectivity index (χ4v) is 3.08. The van der Waals surface area contributed by atoms with Gasteiger partial charge in [0.2, 0.25) is 0 Å². The van der Waals surface area contributed by atoms with Gasteiger partial charge >= 0.3 is 5.97 Å². The van der Waals surface area contributed by atoms with Crippen molar-refractivity contribution in [3.8, 4) is 0 Å². The van der Waals surface area contributed by atoms with E-state index in [1.54, 1.807) is 17.8 Å². The lowest BCUT2D eigenvalue weighted by atomic mass is 10.0. The lowest BCUT2D eigenvalue weighted by molar-refractivity contribution is 0.0524. The van der Waals surface area contributed by atoms with Crippen molar-refractivity contribution in [2.24, 2.45) is 0 Å². The minimum Gasteiger partial charge on any atom is -0.462 e. The maximum atomic E-state index is 13.7. The van der Waals surface area contributed by atoms with Crippen LogP contribution in [0.15, 0.2) is 6.20 Å². The Labute approximate surface area is 145 Å². The van der Waals surface area contributed by atoms with Crippen LogP contribution in [0.1, 0.15) is 42.7 Å². The number of pyridine rings is 1. The number of aromatic nitrogens is 3. The number of nitrogens with zero attached hydrogens (tertiary/aromatic N) is 3. The molecule has 3 rings (SSSR count). The van der Waals surface area contributed by atoms with Crippen molar-refractivity contribution >= 4 is 22.7 Å². The summed E-state index contributed by atoms with van der Waals surface area (Å²) in [5, 5.41) is 8.41. The SMILES string of the molecule is CCOC(=O)c1c(CF)nc2c(cnn2CC)c1NC1CCOCC1. The highest BCUT2D eigenvalue weighted by molar-refractivity contribution is 6.05. The number of alkyl halides is 1. The van der Waals surface area contributed by atoms with Gasteiger partial charge in [-0.15, -0.1) is 0 Å². The number of aryl methyl sites for hydroxylation is 1. The normalized spacial score (nSPS) is 15.5. The van der Waals surface area contributed by atoms with Crippen LogP contribution in [0.25, 0.3) is 11.0 Å². The lowest BCUT2D eigenvalue weighted by Gasteiger charge is -2.26. The third-order valence-electron chi connectivity index (χ3n) is 4.34. The van der Waals surface area contributed by atoms with E-state index in [1.807, 2.05) is 6.92 Å². The first-order valence-electron chi connectivity index (χ1n) is 8.65. The molecule has 0 aromatic carbocycles. The molecule has 0 unspecified atom stereocenters. The molecule has 0 aliphatic carbocycles. The number of fused-ring (bicyclic) bond motifs is 1. The van der Waals surface area contributed by atoms with Gasteiger partial charge in [0.1, 0.15) is 12.2 Å². The van der Waals surface area contributed by atoms with Crippen molar-refractivity contribution in [1.82, 2.24) is 14.8 Å². The second-order valence-electron chi connectivity index (χ2n) is 5.89. The van der Waals surface area contributed by atoms with Gasteiger partial charge in [-0.1, -0.05) is 0 Å². The molecule has 0 bridgehead atoms. The number of halogens is 1. The molecule has 3 heterocycles. The summed E-state index contributed by atoms with van der Waals surface area (Å²) in [6.45, 7) is 4.95. The Hall–Kier alpha value is -2.22. The zero-order valence-electron chi connectivity index (χ0n) is 14.5. The van der Waals surface area contributed by atoms with E-state index < -0.39 is 12.6 Å². The van der Waals surface area contributed by atoms with E-state index in [2.05, 4.69) is 15.4 Å². The largest absolute Gasteiger partial charge is 0.462 e. The van der Waals surface area contributed by atoms with Gasteiger partial charge in [0.25, 0.3) is 0 Å². The van der Waals surface area contributed by atoms with Crippen molar-refractivity contribution in [1.29, 1.82) is 0 Å². The van der Waals surface area contributed by atoms with Crippen LogP contribution < -0.4 is 5.32 Å². The summed E-state index contributed by atoms with van der Waals surface area (Å²) in [4.78, 5) is 16.8. The van der Waals surface area contributed by atoms with Crippen LogP contribution in [0.5, 0.6) is 0 Å². The van der Waals surface area contributed by atoms with Gasteiger partial charge in [0.05, 0.1) is 29.6 Å². The molecular weight excluding hydrogens is 327 g/mol. The van der Waals surface area contributed by atoms with Crippen LogP contribution in [0.3, 0.4) is 0 Å². The third kappa shape index (κ3) is 3.44. The fraction of sp³-hybridized carbons (Fsp3) is 0.588. The predicted octanol–water partition coefficient (Wildman–Crippen LogP) is 2.69. The molecule has 1 aliphatic rings. The predicted molar refractivity (Wildman–Crippen MR) is 91.4 cm³/mol. The van der Waals surface area contributed by atoms with E-state index in [9.17, 15) is 9.18 Å². The van der Waals surface area contributed by atoms with Gasteiger partial charge in [0.15, 0.2) is 5.65 Å². The van der Waals surface area contributed by atoms with Crippen LogP contribution in [0.2, 0.25) is 0 Å². The highest BCUT2D eigenvalue weighted by Crippen LogP contribution is 2.31. The van der Waals surface area contributed by atoms with Crippen molar-refractivity contribution < 1.29 is 18.7 Å². The van der Waals surface area contributed by atoms with Crippen LogP contribution in [-0.4, -0.2) is 46.6 Å². The Kier molecular flexibility index (Phi) is 5.47. The Bertz CT molecular complexity index is 756. The monoisotopic (exact) mass is 350 g/mol. The summed E-state index contributed by atoms with van der Waals surface area (Å²) in [6.07, 6.45) is 3.30. The van der Waals surface area contributed by atoms with E-state index in [4.69, 9.17) is 9.47 Å². The van der Waals surface area contributed by atoms with Crippen LogP contribution in [0, 0.1) is 0 Å². The maximum absolute atomic E-state index is 13.7. The maximum Gasteiger partial charge on any atom is 0.342 e. The van der Waals surface area contributed by atoms with Gasteiger partial charge in [-0.3, -0.25) is 0 Å². The Morgan fingerprint density at radius 1 is 1.44 bits per heavy atom. The van der Waals surface area contributed by atoms with Gasteiger partial charge in [-0.05, 0) is 26.7 Å². The Morgan fingerprint density at radius 2 is 2.20 bits per heavy atom. The second kappa shape index (κ2) is 7.77. The molecule has 1 aliphatic heterocycles. The van der Waals surface area contributed by atoms with Gasteiger partial charge in [0, 0.05) is 25.8 Å². The summed E-state index contributed by atoms with van der Waals surface area (Å²) in [7, 11) is 0. The molecule has 1 fully saturated rings. The summed E-state index contributed by atoms with van der Waals surface area (Å²) >= 11 is 0. The molecule has 2 aromatic heterocycles. The summed E-state index contributed by atoms with van der Waals surface area (Å²) in [6, 6.07) is 0.143. The molecule has 8 heteroatoms. The Morgan fingerprint density at radius 3 is 2.84 bits per heavy atom. The molecule has 0 saturated carbocycles. The number of hydrogen-bond acceptors (Lipinski definition) is 6. The van der Waals surface area contributed by atoms with E-state index in [-0.39, 0.29) is 23.9 Å². The number of carbonyl (C=O) groups excluding carboxylic acids is 1. The number of esters is 1. The topological polar surface area (TPSA) is 78.3 Å².